The molecule has 0 saturated carbocycles. The summed E-state index contributed by atoms with van der Waals surface area (Å²) in [7, 11) is -3.70. The largest absolute Gasteiger partial charge is 0.481 e. The predicted molar refractivity (Wildman–Crippen MR) is 85.6 cm³/mol. The first-order valence-corrected chi connectivity index (χ1v) is 9.25. The number of aliphatic carboxylic acids is 1. The highest BCUT2D eigenvalue weighted by Gasteiger charge is 2.39. The normalized spacial score (nSPS) is 23.4. The Bertz CT molecular complexity index is 657. The van der Waals surface area contributed by atoms with Crippen molar-refractivity contribution < 1.29 is 18.3 Å². The van der Waals surface area contributed by atoms with Gasteiger partial charge in [0.15, 0.2) is 0 Å². The first-order chi connectivity index (χ1) is 10.2. The van der Waals surface area contributed by atoms with Crippen LogP contribution in [-0.2, 0) is 20.6 Å². The molecule has 5 nitrogen and oxygen atoms in total. The summed E-state index contributed by atoms with van der Waals surface area (Å²) in [6.07, 6.45) is 1.01. The average Bonchev–Trinajstić information content (AvgIpc) is 2.43. The molecule has 1 aromatic rings. The van der Waals surface area contributed by atoms with E-state index in [1.54, 1.807) is 25.1 Å². The van der Waals surface area contributed by atoms with E-state index < -0.39 is 28.0 Å². The average molecular weight is 366 g/mol. The number of carboxylic acids is 1. The van der Waals surface area contributed by atoms with Gasteiger partial charge in [0.25, 0.3) is 0 Å². The highest BCUT2D eigenvalue weighted by molar-refractivity contribution is 7.88. The molecule has 0 spiro atoms. The third-order valence-corrected chi connectivity index (χ3v) is 6.58. The lowest BCUT2D eigenvalue weighted by molar-refractivity contribution is -0.144. The van der Waals surface area contributed by atoms with Gasteiger partial charge in [0.05, 0.1) is 11.7 Å². The summed E-state index contributed by atoms with van der Waals surface area (Å²) in [4.78, 5) is 11.2. The molecule has 0 aromatic heterocycles. The molecule has 0 amide bonds. The Hall–Kier alpha value is -0.820. The number of rotatable bonds is 4. The highest BCUT2D eigenvalue weighted by Crippen LogP contribution is 2.31. The van der Waals surface area contributed by atoms with Crippen molar-refractivity contribution in [2.24, 2.45) is 5.92 Å². The maximum Gasteiger partial charge on any atom is 0.308 e. The third-order valence-electron chi connectivity index (χ3n) is 3.99. The fraction of sp³-hybridized carbons (Fsp3) is 0.500. The molecule has 122 valence electrons. The summed E-state index contributed by atoms with van der Waals surface area (Å²) in [6, 6.07) is 4.22. The van der Waals surface area contributed by atoms with Gasteiger partial charge < -0.3 is 5.11 Å². The molecule has 8 heteroatoms. The molecule has 0 radical (unpaired) electrons. The van der Waals surface area contributed by atoms with Crippen molar-refractivity contribution in [3.8, 4) is 0 Å². The van der Waals surface area contributed by atoms with Gasteiger partial charge in [-0.15, -0.1) is 0 Å². The van der Waals surface area contributed by atoms with Gasteiger partial charge in [-0.1, -0.05) is 29.3 Å². The number of sulfonamides is 1. The van der Waals surface area contributed by atoms with E-state index in [-0.39, 0.29) is 15.8 Å². The Morgan fingerprint density at radius 2 is 1.95 bits per heavy atom. The van der Waals surface area contributed by atoms with Crippen LogP contribution in [0.3, 0.4) is 0 Å². The van der Waals surface area contributed by atoms with Crippen LogP contribution >= 0.6 is 23.2 Å². The zero-order valence-electron chi connectivity index (χ0n) is 12.0. The minimum atomic E-state index is -3.70. The second-order valence-corrected chi connectivity index (χ2v) is 8.13. The summed E-state index contributed by atoms with van der Waals surface area (Å²) < 4.78 is 26.6. The lowest BCUT2D eigenvalue weighted by atomic mass is 9.92. The molecule has 2 rings (SSSR count). The Morgan fingerprint density at radius 1 is 1.36 bits per heavy atom. The van der Waals surface area contributed by atoms with Gasteiger partial charge in [0.2, 0.25) is 10.0 Å². The number of benzene rings is 1. The molecule has 1 aromatic carbocycles. The minimum absolute atomic E-state index is 0.288. The zero-order chi connectivity index (χ0) is 16.5. The molecule has 0 aliphatic carbocycles. The quantitative estimate of drug-likeness (QED) is 0.889. The van der Waals surface area contributed by atoms with E-state index in [9.17, 15) is 18.3 Å². The van der Waals surface area contributed by atoms with Crippen molar-refractivity contribution >= 4 is 39.2 Å². The van der Waals surface area contributed by atoms with E-state index in [4.69, 9.17) is 23.2 Å². The van der Waals surface area contributed by atoms with Crippen LogP contribution in [0.15, 0.2) is 18.2 Å². The molecule has 0 bridgehead atoms. The van der Waals surface area contributed by atoms with E-state index in [1.807, 2.05) is 0 Å². The lowest BCUT2D eigenvalue weighted by Crippen LogP contribution is -2.49. The third kappa shape index (κ3) is 3.56. The van der Waals surface area contributed by atoms with Gasteiger partial charge in [0.1, 0.15) is 0 Å². The van der Waals surface area contributed by atoms with Gasteiger partial charge in [-0.2, -0.15) is 4.31 Å². The van der Waals surface area contributed by atoms with Gasteiger partial charge >= 0.3 is 5.97 Å². The fourth-order valence-electron chi connectivity index (χ4n) is 2.77. The summed E-state index contributed by atoms with van der Waals surface area (Å²) in [5, 5.41) is 9.78. The Morgan fingerprint density at radius 3 is 2.50 bits per heavy atom. The Balaban J connectivity index is 2.28. The number of hydrogen-bond donors (Lipinski definition) is 1. The van der Waals surface area contributed by atoms with E-state index in [2.05, 4.69) is 0 Å². The van der Waals surface area contributed by atoms with Gasteiger partial charge in [-0.3, -0.25) is 4.79 Å². The van der Waals surface area contributed by atoms with E-state index in [1.165, 1.54) is 4.31 Å². The zero-order valence-corrected chi connectivity index (χ0v) is 14.3. The molecule has 1 aliphatic rings. The SMILES string of the molecule is C[C@@H]1[C@H](C(=O)O)CCCN1S(=O)(=O)Cc1c(Cl)cccc1Cl. The van der Waals surface area contributed by atoms with E-state index in [0.29, 0.717) is 24.9 Å². The van der Waals surface area contributed by atoms with Crippen LogP contribution in [0.1, 0.15) is 25.3 Å². The number of carboxylic acid groups (broad SMARTS) is 1. The first kappa shape index (κ1) is 17.5. The van der Waals surface area contributed by atoms with E-state index >= 15 is 0 Å². The van der Waals surface area contributed by atoms with Crippen molar-refractivity contribution in [1.82, 2.24) is 4.31 Å². The molecule has 1 aliphatic heterocycles. The molecular formula is C14H17Cl2NO4S. The standard InChI is InChI=1S/C14H17Cl2NO4S/c1-9-10(14(18)19)4-3-7-17(9)22(20,21)8-11-12(15)5-2-6-13(11)16/h2,5-6,9-10H,3-4,7-8H2,1H3,(H,18,19)/t9-,10-/m1/s1. The molecule has 22 heavy (non-hydrogen) atoms. The fourth-order valence-corrected chi connectivity index (χ4v) is 5.36. The second-order valence-electron chi connectivity index (χ2n) is 5.39. The van der Waals surface area contributed by atoms with Crippen molar-refractivity contribution in [2.75, 3.05) is 6.54 Å². The number of carbonyl (C=O) groups is 1. The molecular weight excluding hydrogens is 349 g/mol. The molecule has 2 atom stereocenters. The van der Waals surface area contributed by atoms with Crippen molar-refractivity contribution in [1.29, 1.82) is 0 Å². The lowest BCUT2D eigenvalue weighted by Gasteiger charge is -2.36. The summed E-state index contributed by atoms with van der Waals surface area (Å²) >= 11 is 12.1. The minimum Gasteiger partial charge on any atom is -0.481 e. The molecule has 1 heterocycles. The van der Waals surface area contributed by atoms with Crippen molar-refractivity contribution in [3.05, 3.63) is 33.8 Å². The maximum absolute atomic E-state index is 12.7. The first-order valence-electron chi connectivity index (χ1n) is 6.89. The van der Waals surface area contributed by atoms with Crippen molar-refractivity contribution in [2.45, 2.75) is 31.6 Å². The Kier molecular flexibility index (Phi) is 5.37. The van der Waals surface area contributed by atoms with Crippen LogP contribution in [0.5, 0.6) is 0 Å². The van der Waals surface area contributed by atoms with E-state index in [0.717, 1.165) is 0 Å². The predicted octanol–water partition coefficient (Wildman–Crippen LogP) is 3.01. The number of halogens is 2. The van der Waals surface area contributed by atoms with Crippen LogP contribution < -0.4 is 0 Å². The smallest absolute Gasteiger partial charge is 0.308 e. The van der Waals surface area contributed by atoms with Gasteiger partial charge in [-0.05, 0) is 31.9 Å². The van der Waals surface area contributed by atoms with Crippen LogP contribution in [0.2, 0.25) is 10.0 Å². The summed E-state index contributed by atoms with van der Waals surface area (Å²) in [5.41, 5.74) is 0.343. The van der Waals surface area contributed by atoms with Crippen LogP contribution in [-0.4, -0.2) is 36.4 Å². The highest BCUT2D eigenvalue weighted by atomic mass is 35.5. The van der Waals surface area contributed by atoms with Gasteiger partial charge in [0, 0.05) is 28.2 Å². The van der Waals surface area contributed by atoms with Gasteiger partial charge in [-0.25, -0.2) is 8.42 Å². The molecule has 1 N–H and O–H groups in total. The summed E-state index contributed by atoms with van der Waals surface area (Å²) in [6.45, 7) is 1.94. The maximum atomic E-state index is 12.7. The second kappa shape index (κ2) is 6.74. The summed E-state index contributed by atoms with van der Waals surface area (Å²) in [5.74, 6) is -1.99. The monoisotopic (exact) mass is 365 g/mol. The molecule has 1 fully saturated rings. The van der Waals surface area contributed by atoms with Crippen LogP contribution in [0.4, 0.5) is 0 Å². The molecule has 1 saturated heterocycles. The Labute approximate surface area is 139 Å². The number of nitrogens with zero attached hydrogens (tertiary/aromatic N) is 1. The van der Waals surface area contributed by atoms with Crippen LogP contribution in [0.25, 0.3) is 0 Å². The topological polar surface area (TPSA) is 74.7 Å². The molecule has 0 unspecified atom stereocenters. The number of piperidine rings is 1. The number of hydrogen-bond acceptors (Lipinski definition) is 3. The van der Waals surface area contributed by atoms with Crippen molar-refractivity contribution in [3.63, 3.8) is 0 Å². The van der Waals surface area contributed by atoms with Crippen LogP contribution in [0, 0.1) is 5.92 Å².